The smallest absolute Gasteiger partial charge is 0.0192 e. The summed E-state index contributed by atoms with van der Waals surface area (Å²) in [6, 6.07) is 0.716. The molecule has 0 radical (unpaired) electrons. The van der Waals surface area contributed by atoms with Gasteiger partial charge in [0.15, 0.2) is 0 Å². The van der Waals surface area contributed by atoms with Gasteiger partial charge >= 0.3 is 0 Å². The Morgan fingerprint density at radius 1 is 1.50 bits per heavy atom. The molecule has 1 unspecified atom stereocenters. The van der Waals surface area contributed by atoms with Gasteiger partial charge in [0.05, 0.1) is 0 Å². The molecule has 1 atom stereocenters. The molecule has 0 aromatic carbocycles. The van der Waals surface area contributed by atoms with Crippen molar-refractivity contribution in [2.75, 3.05) is 31.1 Å². The summed E-state index contributed by atoms with van der Waals surface area (Å²) in [4.78, 5) is 0. The van der Waals surface area contributed by atoms with Crippen molar-refractivity contribution in [1.29, 1.82) is 0 Å². The largest absolute Gasteiger partial charge is 0.314 e. The monoisotopic (exact) mass is 214 g/mol. The van der Waals surface area contributed by atoms with E-state index in [2.05, 4.69) is 17.2 Å². The molecule has 2 N–H and O–H groups in total. The van der Waals surface area contributed by atoms with Crippen molar-refractivity contribution in [3.63, 3.8) is 0 Å². The van der Waals surface area contributed by atoms with Gasteiger partial charge in [0.25, 0.3) is 0 Å². The molecule has 0 spiro atoms. The Hall–Kier alpha value is 0.01000. The summed E-state index contributed by atoms with van der Waals surface area (Å²) in [5, 5.41) is 7.03. The zero-order chi connectivity index (χ0) is 10.1. The van der Waals surface area contributed by atoms with Crippen LogP contribution in [0.4, 0.5) is 0 Å². The van der Waals surface area contributed by atoms with Crippen LogP contribution in [0, 0.1) is 0 Å². The van der Waals surface area contributed by atoms with Gasteiger partial charge in [-0.3, -0.25) is 0 Å². The Balaban J connectivity index is 1.85. The van der Waals surface area contributed by atoms with E-state index in [1.54, 1.807) is 0 Å². The molecule has 3 heteroatoms. The van der Waals surface area contributed by atoms with Crippen LogP contribution >= 0.6 is 11.8 Å². The van der Waals surface area contributed by atoms with Gasteiger partial charge in [-0.1, -0.05) is 12.5 Å². The molecular formula is C11H22N2S. The lowest BCUT2D eigenvalue weighted by atomic mass is 10.1. The molecule has 14 heavy (non-hydrogen) atoms. The Bertz CT molecular complexity index is 144. The molecule has 0 aliphatic carbocycles. The van der Waals surface area contributed by atoms with Crippen LogP contribution in [-0.4, -0.2) is 37.2 Å². The molecule has 0 bridgehead atoms. The SMILES string of the molecule is C=CCSCCNCC1CCCCN1. The number of hydrogen-bond acceptors (Lipinski definition) is 3. The molecule has 82 valence electrons. The van der Waals surface area contributed by atoms with Gasteiger partial charge in [-0.25, -0.2) is 0 Å². The fraction of sp³-hybridized carbons (Fsp3) is 0.818. The summed E-state index contributed by atoms with van der Waals surface area (Å²) < 4.78 is 0. The van der Waals surface area contributed by atoms with Gasteiger partial charge in [-0.05, 0) is 19.4 Å². The average Bonchev–Trinajstić information content (AvgIpc) is 2.25. The number of hydrogen-bond donors (Lipinski definition) is 2. The lowest BCUT2D eigenvalue weighted by molar-refractivity contribution is 0.387. The van der Waals surface area contributed by atoms with Crippen molar-refractivity contribution >= 4 is 11.8 Å². The van der Waals surface area contributed by atoms with Gasteiger partial charge in [-0.2, -0.15) is 11.8 Å². The predicted molar refractivity (Wildman–Crippen MR) is 66.0 cm³/mol. The first-order valence-electron chi connectivity index (χ1n) is 5.56. The lowest BCUT2D eigenvalue weighted by Crippen LogP contribution is -2.42. The summed E-state index contributed by atoms with van der Waals surface area (Å²) in [7, 11) is 0. The van der Waals surface area contributed by atoms with Crippen LogP contribution in [0.3, 0.4) is 0 Å². The highest BCUT2D eigenvalue weighted by Gasteiger charge is 2.10. The van der Waals surface area contributed by atoms with Gasteiger partial charge in [0.1, 0.15) is 0 Å². The molecule has 0 aromatic heterocycles. The summed E-state index contributed by atoms with van der Waals surface area (Å²) in [5.74, 6) is 2.27. The molecule has 0 aromatic rings. The average molecular weight is 214 g/mol. The van der Waals surface area contributed by atoms with Crippen LogP contribution in [0.5, 0.6) is 0 Å². The third-order valence-corrected chi connectivity index (χ3v) is 3.43. The minimum atomic E-state index is 0.716. The number of thioether (sulfide) groups is 1. The van der Waals surface area contributed by atoms with Crippen molar-refractivity contribution < 1.29 is 0 Å². The van der Waals surface area contributed by atoms with Crippen LogP contribution in [0.25, 0.3) is 0 Å². The lowest BCUT2D eigenvalue weighted by Gasteiger charge is -2.23. The summed E-state index contributed by atoms with van der Waals surface area (Å²) in [6.07, 6.45) is 6.05. The minimum absolute atomic E-state index is 0.716. The Kier molecular flexibility index (Phi) is 7.19. The quantitative estimate of drug-likeness (QED) is 0.498. The third kappa shape index (κ3) is 5.68. The number of piperidine rings is 1. The van der Waals surface area contributed by atoms with E-state index < -0.39 is 0 Å². The molecule has 1 fully saturated rings. The summed E-state index contributed by atoms with van der Waals surface area (Å²) in [5.41, 5.74) is 0. The maximum Gasteiger partial charge on any atom is 0.0192 e. The van der Waals surface area contributed by atoms with Crippen molar-refractivity contribution in [3.8, 4) is 0 Å². The second kappa shape index (κ2) is 8.33. The summed E-state index contributed by atoms with van der Waals surface area (Å²) in [6.45, 7) is 7.16. The number of nitrogens with one attached hydrogen (secondary N) is 2. The molecule has 0 amide bonds. The van der Waals surface area contributed by atoms with Gasteiger partial charge in [-0.15, -0.1) is 6.58 Å². The molecule has 1 heterocycles. The zero-order valence-electron chi connectivity index (χ0n) is 8.93. The molecule has 0 saturated carbocycles. The van der Waals surface area contributed by atoms with Crippen molar-refractivity contribution in [2.45, 2.75) is 25.3 Å². The molecule has 1 saturated heterocycles. The normalized spacial score (nSPS) is 22.1. The Morgan fingerprint density at radius 3 is 3.14 bits per heavy atom. The van der Waals surface area contributed by atoms with E-state index in [1.807, 2.05) is 17.8 Å². The van der Waals surface area contributed by atoms with Gasteiger partial charge in [0.2, 0.25) is 0 Å². The van der Waals surface area contributed by atoms with E-state index in [4.69, 9.17) is 0 Å². The topological polar surface area (TPSA) is 24.1 Å². The molecule has 2 nitrogen and oxygen atoms in total. The Labute approximate surface area is 91.9 Å². The van der Waals surface area contributed by atoms with E-state index in [0.717, 1.165) is 18.8 Å². The fourth-order valence-corrected chi connectivity index (χ4v) is 2.31. The first-order valence-corrected chi connectivity index (χ1v) is 6.71. The van der Waals surface area contributed by atoms with Crippen LogP contribution in [0.1, 0.15) is 19.3 Å². The zero-order valence-corrected chi connectivity index (χ0v) is 9.74. The van der Waals surface area contributed by atoms with Crippen molar-refractivity contribution in [2.24, 2.45) is 0 Å². The maximum atomic E-state index is 3.70. The van der Waals surface area contributed by atoms with Gasteiger partial charge < -0.3 is 10.6 Å². The second-order valence-corrected chi connectivity index (χ2v) is 4.86. The van der Waals surface area contributed by atoms with E-state index in [-0.39, 0.29) is 0 Å². The third-order valence-electron chi connectivity index (χ3n) is 2.46. The van der Waals surface area contributed by atoms with Crippen LogP contribution in [-0.2, 0) is 0 Å². The standard InChI is InChI=1S/C11H22N2S/c1-2-8-14-9-7-12-10-11-5-3-4-6-13-11/h2,11-13H,1,3-10H2. The Morgan fingerprint density at radius 2 is 2.43 bits per heavy atom. The van der Waals surface area contributed by atoms with Crippen molar-refractivity contribution in [3.05, 3.63) is 12.7 Å². The highest BCUT2D eigenvalue weighted by atomic mass is 32.2. The van der Waals surface area contributed by atoms with E-state index >= 15 is 0 Å². The highest BCUT2D eigenvalue weighted by molar-refractivity contribution is 7.99. The number of rotatable bonds is 7. The first kappa shape index (κ1) is 12.1. The molecular weight excluding hydrogens is 192 g/mol. The minimum Gasteiger partial charge on any atom is -0.314 e. The van der Waals surface area contributed by atoms with Gasteiger partial charge in [0, 0.05) is 30.6 Å². The predicted octanol–water partition coefficient (Wildman–Crippen LogP) is 1.64. The summed E-state index contributed by atoms with van der Waals surface area (Å²) >= 11 is 1.94. The highest BCUT2D eigenvalue weighted by Crippen LogP contribution is 2.05. The first-order chi connectivity index (χ1) is 6.93. The van der Waals surface area contributed by atoms with Crippen LogP contribution in [0.2, 0.25) is 0 Å². The second-order valence-electron chi connectivity index (χ2n) is 3.71. The van der Waals surface area contributed by atoms with Crippen LogP contribution in [0.15, 0.2) is 12.7 Å². The molecule has 1 aliphatic heterocycles. The molecule has 1 aliphatic rings. The van der Waals surface area contributed by atoms with Crippen molar-refractivity contribution in [1.82, 2.24) is 10.6 Å². The van der Waals surface area contributed by atoms with Crippen LogP contribution < -0.4 is 10.6 Å². The van der Waals surface area contributed by atoms with E-state index in [0.29, 0.717) is 6.04 Å². The molecule has 1 rings (SSSR count). The van der Waals surface area contributed by atoms with E-state index in [9.17, 15) is 0 Å². The maximum absolute atomic E-state index is 3.70. The van der Waals surface area contributed by atoms with E-state index in [1.165, 1.54) is 31.6 Å². The fourth-order valence-electron chi connectivity index (χ4n) is 1.69.